The Morgan fingerprint density at radius 3 is 2.06 bits per heavy atom. The van der Waals surface area contributed by atoms with Crippen molar-refractivity contribution in [2.45, 2.75) is 58.9 Å². The lowest BCUT2D eigenvalue weighted by atomic mass is 9.88. The van der Waals surface area contributed by atoms with Crippen molar-refractivity contribution in [2.24, 2.45) is 11.8 Å². The van der Waals surface area contributed by atoms with Crippen molar-refractivity contribution in [1.82, 2.24) is 10.2 Å². The van der Waals surface area contributed by atoms with Crippen LogP contribution in [0.4, 0.5) is 0 Å². The van der Waals surface area contributed by atoms with Crippen LogP contribution in [0.15, 0.2) is 0 Å². The Labute approximate surface area is 110 Å². The zero-order valence-electron chi connectivity index (χ0n) is 12.1. The molecule has 6 unspecified atom stereocenters. The van der Waals surface area contributed by atoms with Gasteiger partial charge in [-0.15, -0.1) is 0 Å². The normalized spacial score (nSPS) is 45.3. The zero-order chi connectivity index (χ0) is 13.4. The van der Waals surface area contributed by atoms with E-state index in [2.05, 4.69) is 33.0 Å². The molecule has 1 N–H and O–H groups in total. The first-order valence-corrected chi connectivity index (χ1v) is 7.10. The maximum Gasteiger partial charge on any atom is 0.228 e. The maximum absolute atomic E-state index is 12.7. The summed E-state index contributed by atoms with van der Waals surface area (Å²) < 4.78 is 5.79. The van der Waals surface area contributed by atoms with Crippen molar-refractivity contribution < 1.29 is 9.53 Å². The first-order chi connectivity index (χ1) is 8.40. The van der Waals surface area contributed by atoms with E-state index in [-0.39, 0.29) is 24.0 Å². The van der Waals surface area contributed by atoms with E-state index in [9.17, 15) is 4.79 Å². The van der Waals surface area contributed by atoms with Crippen LogP contribution in [0.3, 0.4) is 0 Å². The quantitative estimate of drug-likeness (QED) is 0.766. The van der Waals surface area contributed by atoms with Crippen LogP contribution in [0, 0.1) is 11.8 Å². The third-order valence-electron chi connectivity index (χ3n) is 4.40. The van der Waals surface area contributed by atoms with E-state index < -0.39 is 0 Å². The Balaban J connectivity index is 2.06. The first kappa shape index (κ1) is 13.8. The van der Waals surface area contributed by atoms with Crippen LogP contribution in [-0.4, -0.2) is 48.2 Å². The number of piperazine rings is 1. The molecule has 0 bridgehead atoms. The van der Waals surface area contributed by atoms with Gasteiger partial charge in [0, 0.05) is 25.2 Å². The molecule has 4 heteroatoms. The van der Waals surface area contributed by atoms with Gasteiger partial charge in [-0.2, -0.15) is 0 Å². The molecule has 0 aromatic carbocycles. The highest BCUT2D eigenvalue weighted by Gasteiger charge is 2.44. The molecular formula is C14H26N2O2. The molecule has 0 aliphatic carbocycles. The van der Waals surface area contributed by atoms with E-state index in [4.69, 9.17) is 4.74 Å². The van der Waals surface area contributed by atoms with Gasteiger partial charge in [0.25, 0.3) is 0 Å². The van der Waals surface area contributed by atoms with E-state index in [0.29, 0.717) is 18.0 Å². The molecule has 6 atom stereocenters. The highest BCUT2D eigenvalue weighted by atomic mass is 16.5. The average Bonchev–Trinajstić information content (AvgIpc) is 2.51. The van der Waals surface area contributed by atoms with Crippen molar-refractivity contribution in [3.8, 4) is 0 Å². The fraction of sp³-hybridized carbons (Fsp3) is 0.929. The summed E-state index contributed by atoms with van der Waals surface area (Å²) in [6.07, 6.45) is 0.231. The predicted molar refractivity (Wildman–Crippen MR) is 71.3 cm³/mol. The van der Waals surface area contributed by atoms with Gasteiger partial charge in [-0.3, -0.25) is 4.79 Å². The molecule has 104 valence electrons. The summed E-state index contributed by atoms with van der Waals surface area (Å²) in [6.45, 7) is 12.1. The second kappa shape index (κ2) is 5.17. The van der Waals surface area contributed by atoms with Crippen molar-refractivity contribution >= 4 is 5.91 Å². The third-order valence-corrected chi connectivity index (χ3v) is 4.40. The van der Waals surface area contributed by atoms with Gasteiger partial charge in [0.2, 0.25) is 5.91 Å². The van der Waals surface area contributed by atoms with Crippen LogP contribution in [-0.2, 0) is 9.53 Å². The highest BCUT2D eigenvalue weighted by Crippen LogP contribution is 2.33. The van der Waals surface area contributed by atoms with Crippen LogP contribution in [0.25, 0.3) is 0 Å². The zero-order valence-corrected chi connectivity index (χ0v) is 12.1. The molecule has 2 rings (SSSR count). The molecule has 2 heterocycles. The van der Waals surface area contributed by atoms with E-state index in [1.807, 2.05) is 11.8 Å². The number of ether oxygens (including phenoxy) is 1. The van der Waals surface area contributed by atoms with Gasteiger partial charge < -0.3 is 15.0 Å². The second-order valence-electron chi connectivity index (χ2n) is 6.14. The molecule has 18 heavy (non-hydrogen) atoms. The van der Waals surface area contributed by atoms with E-state index in [1.165, 1.54) is 0 Å². The Kier molecular flexibility index (Phi) is 3.97. The van der Waals surface area contributed by atoms with Crippen molar-refractivity contribution in [1.29, 1.82) is 0 Å². The van der Waals surface area contributed by atoms with Crippen molar-refractivity contribution in [3.05, 3.63) is 0 Å². The monoisotopic (exact) mass is 254 g/mol. The summed E-state index contributed by atoms with van der Waals surface area (Å²) in [5.41, 5.74) is 0. The maximum atomic E-state index is 12.7. The highest BCUT2D eigenvalue weighted by molar-refractivity contribution is 5.80. The average molecular weight is 254 g/mol. The molecule has 0 aromatic rings. The van der Waals surface area contributed by atoms with Gasteiger partial charge in [0.15, 0.2) is 0 Å². The number of carbonyl (C=O) groups excluding carboxylic acids is 1. The molecule has 2 aliphatic heterocycles. The molecule has 2 saturated heterocycles. The van der Waals surface area contributed by atoms with Crippen LogP contribution >= 0.6 is 0 Å². The molecule has 2 fully saturated rings. The van der Waals surface area contributed by atoms with Gasteiger partial charge in [0.1, 0.15) is 0 Å². The van der Waals surface area contributed by atoms with Crippen LogP contribution < -0.4 is 5.32 Å². The minimum Gasteiger partial charge on any atom is -0.374 e. The predicted octanol–water partition coefficient (Wildman–Crippen LogP) is 1.25. The lowest BCUT2D eigenvalue weighted by Crippen LogP contribution is -2.57. The van der Waals surface area contributed by atoms with Gasteiger partial charge in [-0.05, 0) is 33.6 Å². The SMILES string of the molecule is CC1CN(C(=O)C2C(C)OC(C)C2C)CC(C)N1. The Bertz CT molecular complexity index is 311. The minimum atomic E-state index is 0.0255. The number of nitrogens with one attached hydrogen (secondary N) is 1. The first-order valence-electron chi connectivity index (χ1n) is 7.10. The Hall–Kier alpha value is -0.610. The lowest BCUT2D eigenvalue weighted by molar-refractivity contribution is -0.139. The molecule has 1 amide bonds. The Morgan fingerprint density at radius 2 is 1.61 bits per heavy atom. The van der Waals surface area contributed by atoms with E-state index in [0.717, 1.165) is 13.1 Å². The molecule has 4 nitrogen and oxygen atoms in total. The fourth-order valence-electron chi connectivity index (χ4n) is 3.41. The van der Waals surface area contributed by atoms with Gasteiger partial charge in [0.05, 0.1) is 18.1 Å². The topological polar surface area (TPSA) is 41.6 Å². The third kappa shape index (κ3) is 2.54. The number of rotatable bonds is 1. The smallest absolute Gasteiger partial charge is 0.228 e. The summed E-state index contributed by atoms with van der Waals surface area (Å²) in [5, 5.41) is 3.46. The largest absolute Gasteiger partial charge is 0.374 e. The molecule has 0 saturated carbocycles. The van der Waals surface area contributed by atoms with Gasteiger partial charge in [-0.25, -0.2) is 0 Å². The number of hydrogen-bond donors (Lipinski definition) is 1. The van der Waals surface area contributed by atoms with Crippen LogP contribution in [0.2, 0.25) is 0 Å². The van der Waals surface area contributed by atoms with Crippen molar-refractivity contribution in [3.63, 3.8) is 0 Å². The molecule has 2 aliphatic rings. The second-order valence-corrected chi connectivity index (χ2v) is 6.14. The fourth-order valence-corrected chi connectivity index (χ4v) is 3.41. The summed E-state index contributed by atoms with van der Waals surface area (Å²) in [7, 11) is 0. The van der Waals surface area contributed by atoms with E-state index >= 15 is 0 Å². The van der Waals surface area contributed by atoms with Gasteiger partial charge >= 0.3 is 0 Å². The number of carbonyl (C=O) groups is 1. The number of amides is 1. The minimum absolute atomic E-state index is 0.0255. The summed E-state index contributed by atoms with van der Waals surface area (Å²) in [4.78, 5) is 14.7. The lowest BCUT2D eigenvalue weighted by Gasteiger charge is -2.38. The molecule has 0 spiro atoms. The van der Waals surface area contributed by atoms with Crippen molar-refractivity contribution in [2.75, 3.05) is 13.1 Å². The summed E-state index contributed by atoms with van der Waals surface area (Å²) in [6, 6.07) is 0.756. The molecule has 0 radical (unpaired) electrons. The van der Waals surface area contributed by atoms with Gasteiger partial charge in [-0.1, -0.05) is 6.92 Å². The number of nitrogens with zero attached hydrogens (tertiary/aromatic N) is 1. The standard InChI is InChI=1S/C14H26N2O2/c1-8-6-16(7-9(2)15-8)14(17)13-10(3)11(4)18-12(13)5/h8-13,15H,6-7H2,1-5H3. The molecule has 0 aromatic heterocycles. The summed E-state index contributed by atoms with van der Waals surface area (Å²) >= 11 is 0. The van der Waals surface area contributed by atoms with Crippen LogP contribution in [0.1, 0.15) is 34.6 Å². The number of hydrogen-bond acceptors (Lipinski definition) is 3. The summed E-state index contributed by atoms with van der Waals surface area (Å²) in [5.74, 6) is 0.616. The molecular weight excluding hydrogens is 228 g/mol. The van der Waals surface area contributed by atoms with E-state index in [1.54, 1.807) is 0 Å². The van der Waals surface area contributed by atoms with Crippen LogP contribution in [0.5, 0.6) is 0 Å². The Morgan fingerprint density at radius 1 is 1.06 bits per heavy atom.